The fourth-order valence-corrected chi connectivity index (χ4v) is 2.73. The van der Waals surface area contributed by atoms with Gasteiger partial charge in [0.2, 0.25) is 0 Å². The van der Waals surface area contributed by atoms with Crippen molar-refractivity contribution in [1.82, 2.24) is 0 Å². The van der Waals surface area contributed by atoms with Crippen molar-refractivity contribution in [3.8, 4) is 0 Å². The first kappa shape index (κ1) is 15.3. The van der Waals surface area contributed by atoms with Crippen LogP contribution in [0.2, 0.25) is 0 Å². The molecule has 0 spiro atoms. The van der Waals surface area contributed by atoms with Crippen molar-refractivity contribution in [1.29, 1.82) is 0 Å². The molecular formula is C18H21BrO. The first-order valence-electron chi connectivity index (χ1n) is 7.00. The number of aliphatic hydroxyl groups excluding tert-OH is 1. The number of aliphatic hydroxyl groups is 1. The number of hydrogen-bond donors (Lipinski definition) is 1. The third-order valence-electron chi connectivity index (χ3n) is 3.42. The van der Waals surface area contributed by atoms with Gasteiger partial charge in [0.15, 0.2) is 0 Å². The second-order valence-electron chi connectivity index (χ2n) is 5.75. The second kappa shape index (κ2) is 6.55. The van der Waals surface area contributed by atoms with Crippen LogP contribution in [-0.4, -0.2) is 5.11 Å². The van der Waals surface area contributed by atoms with E-state index >= 15 is 0 Å². The maximum atomic E-state index is 10.5. The molecular weight excluding hydrogens is 312 g/mol. The number of benzene rings is 2. The Kier molecular flexibility index (Phi) is 5.00. The van der Waals surface area contributed by atoms with Gasteiger partial charge in [0.25, 0.3) is 0 Å². The number of hydrogen-bond acceptors (Lipinski definition) is 1. The molecule has 0 heterocycles. The highest BCUT2D eigenvalue weighted by molar-refractivity contribution is 9.10. The zero-order valence-electron chi connectivity index (χ0n) is 12.2. The summed E-state index contributed by atoms with van der Waals surface area (Å²) in [6.45, 7) is 6.46. The fraction of sp³-hybridized carbons (Fsp3) is 0.333. The molecule has 0 bridgehead atoms. The lowest BCUT2D eigenvalue weighted by Crippen LogP contribution is -2.02. The van der Waals surface area contributed by atoms with Crippen LogP contribution < -0.4 is 0 Å². The topological polar surface area (TPSA) is 20.2 Å². The molecule has 1 N–H and O–H groups in total. The van der Waals surface area contributed by atoms with E-state index < -0.39 is 6.10 Å². The van der Waals surface area contributed by atoms with Gasteiger partial charge in [-0.05, 0) is 47.6 Å². The van der Waals surface area contributed by atoms with Crippen LogP contribution in [-0.2, 0) is 6.42 Å². The summed E-state index contributed by atoms with van der Waals surface area (Å²) >= 11 is 3.52. The van der Waals surface area contributed by atoms with E-state index in [1.807, 2.05) is 37.3 Å². The Balaban J connectivity index is 2.28. The molecule has 2 aromatic carbocycles. The normalized spacial score (nSPS) is 12.7. The third kappa shape index (κ3) is 3.71. The van der Waals surface area contributed by atoms with E-state index in [-0.39, 0.29) is 0 Å². The molecule has 0 aliphatic rings. The van der Waals surface area contributed by atoms with E-state index in [0.29, 0.717) is 5.92 Å². The summed E-state index contributed by atoms with van der Waals surface area (Å²) in [5, 5.41) is 10.5. The van der Waals surface area contributed by atoms with Gasteiger partial charge in [0, 0.05) is 4.47 Å². The average molecular weight is 333 g/mol. The van der Waals surface area contributed by atoms with Gasteiger partial charge < -0.3 is 5.11 Å². The van der Waals surface area contributed by atoms with Gasteiger partial charge in [0.05, 0.1) is 0 Å². The van der Waals surface area contributed by atoms with Gasteiger partial charge >= 0.3 is 0 Å². The largest absolute Gasteiger partial charge is 0.384 e. The highest BCUT2D eigenvalue weighted by Crippen LogP contribution is 2.27. The van der Waals surface area contributed by atoms with E-state index in [2.05, 4.69) is 41.9 Å². The average Bonchev–Trinajstić information content (AvgIpc) is 2.40. The molecule has 2 heteroatoms. The van der Waals surface area contributed by atoms with Crippen molar-refractivity contribution in [2.45, 2.75) is 33.3 Å². The van der Waals surface area contributed by atoms with Crippen molar-refractivity contribution in [2.24, 2.45) is 5.92 Å². The van der Waals surface area contributed by atoms with Crippen LogP contribution in [0, 0.1) is 12.8 Å². The molecule has 1 nitrogen and oxygen atoms in total. The molecule has 0 saturated carbocycles. The highest BCUT2D eigenvalue weighted by atomic mass is 79.9. The Morgan fingerprint density at radius 3 is 2.40 bits per heavy atom. The van der Waals surface area contributed by atoms with Crippen LogP contribution in [0.5, 0.6) is 0 Å². The first-order valence-corrected chi connectivity index (χ1v) is 7.79. The van der Waals surface area contributed by atoms with Crippen molar-refractivity contribution in [2.75, 3.05) is 0 Å². The summed E-state index contributed by atoms with van der Waals surface area (Å²) in [6, 6.07) is 14.3. The quantitative estimate of drug-likeness (QED) is 0.831. The highest BCUT2D eigenvalue weighted by Gasteiger charge is 2.12. The minimum atomic E-state index is -0.570. The lowest BCUT2D eigenvalue weighted by molar-refractivity contribution is 0.220. The van der Waals surface area contributed by atoms with Crippen LogP contribution in [0.15, 0.2) is 46.9 Å². The minimum Gasteiger partial charge on any atom is -0.384 e. The zero-order chi connectivity index (χ0) is 14.7. The zero-order valence-corrected chi connectivity index (χ0v) is 13.8. The fourth-order valence-electron chi connectivity index (χ4n) is 2.33. The molecule has 0 saturated heterocycles. The number of rotatable bonds is 4. The minimum absolute atomic E-state index is 0.570. The summed E-state index contributed by atoms with van der Waals surface area (Å²) in [5.74, 6) is 0.621. The summed E-state index contributed by atoms with van der Waals surface area (Å²) in [7, 11) is 0. The monoisotopic (exact) mass is 332 g/mol. The summed E-state index contributed by atoms with van der Waals surface area (Å²) in [4.78, 5) is 0. The third-order valence-corrected chi connectivity index (χ3v) is 4.28. The first-order chi connectivity index (χ1) is 9.47. The van der Waals surface area contributed by atoms with E-state index in [0.717, 1.165) is 22.0 Å². The van der Waals surface area contributed by atoms with E-state index in [1.54, 1.807) is 0 Å². The standard InChI is InChI=1S/C18H21BrO/c1-12(2)9-14-5-4-6-15(10-14)18(20)16-8-7-13(3)17(19)11-16/h4-8,10-12,18,20H,9H2,1-3H3. The number of halogens is 1. The molecule has 0 radical (unpaired) electrons. The summed E-state index contributed by atoms with van der Waals surface area (Å²) in [5.41, 5.74) is 4.33. The van der Waals surface area contributed by atoms with Gasteiger partial charge in [-0.1, -0.05) is 66.2 Å². The predicted octanol–water partition coefficient (Wildman–Crippen LogP) is 5.04. The molecule has 0 fully saturated rings. The lowest BCUT2D eigenvalue weighted by atomic mass is 9.96. The predicted molar refractivity (Wildman–Crippen MR) is 87.9 cm³/mol. The van der Waals surface area contributed by atoms with E-state index in [1.165, 1.54) is 11.1 Å². The summed E-state index contributed by atoms with van der Waals surface area (Å²) < 4.78 is 1.03. The van der Waals surface area contributed by atoms with Gasteiger partial charge in [0.1, 0.15) is 6.10 Å². The Hall–Kier alpha value is -1.12. The smallest absolute Gasteiger partial charge is 0.104 e. The molecule has 106 valence electrons. The van der Waals surface area contributed by atoms with Crippen LogP contribution in [0.1, 0.15) is 42.2 Å². The van der Waals surface area contributed by atoms with Crippen LogP contribution in [0.25, 0.3) is 0 Å². The molecule has 1 atom stereocenters. The Morgan fingerprint density at radius 1 is 1.05 bits per heavy atom. The Morgan fingerprint density at radius 2 is 1.75 bits per heavy atom. The van der Waals surface area contributed by atoms with E-state index in [9.17, 15) is 5.11 Å². The summed E-state index contributed by atoms with van der Waals surface area (Å²) in [6.07, 6.45) is 0.469. The van der Waals surface area contributed by atoms with Crippen molar-refractivity contribution >= 4 is 15.9 Å². The van der Waals surface area contributed by atoms with Crippen molar-refractivity contribution < 1.29 is 5.11 Å². The molecule has 0 aliphatic carbocycles. The Labute approximate surface area is 129 Å². The van der Waals surface area contributed by atoms with E-state index in [4.69, 9.17) is 0 Å². The van der Waals surface area contributed by atoms with Crippen LogP contribution >= 0.6 is 15.9 Å². The molecule has 20 heavy (non-hydrogen) atoms. The molecule has 2 aromatic rings. The SMILES string of the molecule is Cc1ccc(C(O)c2cccc(CC(C)C)c2)cc1Br. The molecule has 2 rings (SSSR count). The van der Waals surface area contributed by atoms with Gasteiger partial charge in [-0.15, -0.1) is 0 Å². The van der Waals surface area contributed by atoms with Crippen molar-refractivity contribution in [3.05, 3.63) is 69.2 Å². The molecule has 0 amide bonds. The van der Waals surface area contributed by atoms with Crippen LogP contribution in [0.4, 0.5) is 0 Å². The Bertz CT molecular complexity index is 590. The molecule has 0 aromatic heterocycles. The maximum absolute atomic E-state index is 10.5. The lowest BCUT2D eigenvalue weighted by Gasteiger charge is -2.14. The van der Waals surface area contributed by atoms with Crippen molar-refractivity contribution in [3.63, 3.8) is 0 Å². The second-order valence-corrected chi connectivity index (χ2v) is 6.61. The molecule has 1 unspecified atom stereocenters. The number of aryl methyl sites for hydroxylation is 1. The van der Waals surface area contributed by atoms with Gasteiger partial charge in [-0.25, -0.2) is 0 Å². The van der Waals surface area contributed by atoms with Crippen LogP contribution in [0.3, 0.4) is 0 Å². The van der Waals surface area contributed by atoms with Gasteiger partial charge in [-0.2, -0.15) is 0 Å². The molecule has 0 aliphatic heterocycles. The van der Waals surface area contributed by atoms with Gasteiger partial charge in [-0.3, -0.25) is 0 Å². The maximum Gasteiger partial charge on any atom is 0.104 e.